The molecule has 2 aromatic rings. The van der Waals surface area contributed by atoms with Crippen LogP contribution < -0.4 is 10.1 Å². The van der Waals surface area contributed by atoms with Gasteiger partial charge in [-0.2, -0.15) is 0 Å². The minimum atomic E-state index is -0.584. The van der Waals surface area contributed by atoms with Crippen molar-refractivity contribution in [3.63, 3.8) is 0 Å². The summed E-state index contributed by atoms with van der Waals surface area (Å²) in [5.74, 6) is 0.0860. The number of halogens is 2. The first-order valence-corrected chi connectivity index (χ1v) is 5.37. The molecule has 0 amide bonds. The van der Waals surface area contributed by atoms with Gasteiger partial charge in [0.25, 0.3) is 0 Å². The van der Waals surface area contributed by atoms with Crippen LogP contribution in [0.3, 0.4) is 0 Å². The Morgan fingerprint density at radius 3 is 2.67 bits per heavy atom. The smallest absolute Gasteiger partial charge is 0.137 e. The van der Waals surface area contributed by atoms with Crippen molar-refractivity contribution < 1.29 is 13.5 Å². The molecule has 5 heteroatoms. The quantitative estimate of drug-likeness (QED) is 0.905. The fourth-order valence-electron chi connectivity index (χ4n) is 1.46. The third-order valence-corrected chi connectivity index (χ3v) is 2.45. The van der Waals surface area contributed by atoms with Gasteiger partial charge in [0.1, 0.15) is 23.2 Å². The molecule has 18 heavy (non-hydrogen) atoms. The van der Waals surface area contributed by atoms with Crippen molar-refractivity contribution >= 4 is 5.82 Å². The van der Waals surface area contributed by atoms with Crippen molar-refractivity contribution in [1.29, 1.82) is 0 Å². The van der Waals surface area contributed by atoms with Crippen molar-refractivity contribution in [1.82, 2.24) is 4.98 Å². The predicted octanol–water partition coefficient (Wildman–Crippen LogP) is 2.98. The molecule has 0 aliphatic heterocycles. The molecule has 0 saturated carbocycles. The molecule has 0 aliphatic carbocycles. The Kier molecular flexibility index (Phi) is 3.72. The first-order valence-electron chi connectivity index (χ1n) is 5.37. The number of ether oxygens (including phenoxy) is 1. The van der Waals surface area contributed by atoms with Gasteiger partial charge in [0, 0.05) is 18.2 Å². The lowest BCUT2D eigenvalue weighted by atomic mass is 10.2. The minimum Gasteiger partial charge on any atom is -0.495 e. The number of rotatable bonds is 4. The first kappa shape index (κ1) is 12.3. The fraction of sp³-hybridized carbons (Fsp3) is 0.154. The van der Waals surface area contributed by atoms with Crippen LogP contribution in [0.15, 0.2) is 36.5 Å². The molecule has 3 nitrogen and oxygen atoms in total. The molecule has 0 radical (unpaired) electrons. The van der Waals surface area contributed by atoms with Gasteiger partial charge in [-0.05, 0) is 18.2 Å². The van der Waals surface area contributed by atoms with Gasteiger partial charge in [0.15, 0.2) is 0 Å². The summed E-state index contributed by atoms with van der Waals surface area (Å²) >= 11 is 0. The van der Waals surface area contributed by atoms with Crippen LogP contribution in [0.1, 0.15) is 5.56 Å². The van der Waals surface area contributed by atoms with E-state index < -0.39 is 11.6 Å². The number of anilines is 1. The summed E-state index contributed by atoms with van der Waals surface area (Å²) in [6, 6.07) is 6.96. The van der Waals surface area contributed by atoms with Gasteiger partial charge in [-0.15, -0.1) is 0 Å². The SMILES string of the molecule is COc1ccc(NCc2ccc(F)cc2F)nc1. The summed E-state index contributed by atoms with van der Waals surface area (Å²) in [5.41, 5.74) is 0.383. The van der Waals surface area contributed by atoms with E-state index in [1.807, 2.05) is 0 Å². The zero-order chi connectivity index (χ0) is 13.0. The van der Waals surface area contributed by atoms with Gasteiger partial charge in [0.05, 0.1) is 13.3 Å². The van der Waals surface area contributed by atoms with E-state index in [1.165, 1.54) is 12.1 Å². The normalized spacial score (nSPS) is 10.2. The van der Waals surface area contributed by atoms with Crippen molar-refractivity contribution in [2.24, 2.45) is 0 Å². The molecule has 1 aromatic carbocycles. The fourth-order valence-corrected chi connectivity index (χ4v) is 1.46. The molecule has 1 aromatic heterocycles. The largest absolute Gasteiger partial charge is 0.495 e. The monoisotopic (exact) mass is 250 g/mol. The number of hydrogen-bond acceptors (Lipinski definition) is 3. The number of nitrogens with one attached hydrogen (secondary N) is 1. The Morgan fingerprint density at radius 1 is 1.22 bits per heavy atom. The molecule has 0 unspecified atom stereocenters. The highest BCUT2D eigenvalue weighted by atomic mass is 19.1. The predicted molar refractivity (Wildman–Crippen MR) is 64.5 cm³/mol. The summed E-state index contributed by atoms with van der Waals surface area (Å²) in [6.07, 6.45) is 1.56. The average molecular weight is 250 g/mol. The lowest BCUT2D eigenvalue weighted by molar-refractivity contribution is 0.413. The average Bonchev–Trinajstić information content (AvgIpc) is 2.38. The standard InChI is InChI=1S/C13H12F2N2O/c1-18-11-4-5-13(17-8-11)16-7-9-2-3-10(14)6-12(9)15/h2-6,8H,7H2,1H3,(H,16,17). The van der Waals surface area contributed by atoms with E-state index in [-0.39, 0.29) is 6.54 Å². The Bertz CT molecular complexity index is 529. The van der Waals surface area contributed by atoms with E-state index >= 15 is 0 Å². The zero-order valence-corrected chi connectivity index (χ0v) is 9.78. The van der Waals surface area contributed by atoms with Crippen LogP contribution in [0.4, 0.5) is 14.6 Å². The van der Waals surface area contributed by atoms with Crippen LogP contribution in [-0.4, -0.2) is 12.1 Å². The van der Waals surface area contributed by atoms with Gasteiger partial charge < -0.3 is 10.1 Å². The molecule has 1 heterocycles. The van der Waals surface area contributed by atoms with Crippen LogP contribution in [0.2, 0.25) is 0 Å². The number of pyridine rings is 1. The Morgan fingerprint density at radius 2 is 2.06 bits per heavy atom. The number of nitrogens with zero attached hydrogens (tertiary/aromatic N) is 1. The lowest BCUT2D eigenvalue weighted by Gasteiger charge is -2.07. The second-order valence-corrected chi connectivity index (χ2v) is 3.67. The number of aromatic nitrogens is 1. The van der Waals surface area contributed by atoms with Gasteiger partial charge in [0.2, 0.25) is 0 Å². The molecule has 0 spiro atoms. The highest BCUT2D eigenvalue weighted by Gasteiger charge is 2.03. The van der Waals surface area contributed by atoms with E-state index in [0.717, 1.165) is 6.07 Å². The Labute approximate surface area is 103 Å². The third-order valence-electron chi connectivity index (χ3n) is 2.45. The minimum absolute atomic E-state index is 0.242. The molecule has 0 atom stereocenters. The highest BCUT2D eigenvalue weighted by molar-refractivity contribution is 5.38. The summed E-state index contributed by atoms with van der Waals surface area (Å²) in [4.78, 5) is 4.08. The van der Waals surface area contributed by atoms with Crippen molar-refractivity contribution in [3.05, 3.63) is 53.7 Å². The maximum Gasteiger partial charge on any atom is 0.137 e. The highest BCUT2D eigenvalue weighted by Crippen LogP contribution is 2.14. The molecular weight excluding hydrogens is 238 g/mol. The Balaban J connectivity index is 2.02. The van der Waals surface area contributed by atoms with E-state index in [9.17, 15) is 8.78 Å². The van der Waals surface area contributed by atoms with Crippen LogP contribution in [-0.2, 0) is 6.54 Å². The second-order valence-electron chi connectivity index (χ2n) is 3.67. The molecule has 0 bridgehead atoms. The van der Waals surface area contributed by atoms with Gasteiger partial charge >= 0.3 is 0 Å². The first-order chi connectivity index (χ1) is 8.69. The molecule has 0 fully saturated rings. The van der Waals surface area contributed by atoms with E-state index in [4.69, 9.17) is 4.74 Å². The third kappa shape index (κ3) is 2.94. The lowest BCUT2D eigenvalue weighted by Crippen LogP contribution is -2.03. The van der Waals surface area contributed by atoms with E-state index in [0.29, 0.717) is 17.1 Å². The van der Waals surface area contributed by atoms with Gasteiger partial charge in [-0.25, -0.2) is 13.8 Å². The summed E-state index contributed by atoms with van der Waals surface area (Å²) < 4.78 is 31.0. The van der Waals surface area contributed by atoms with Crippen LogP contribution in [0.5, 0.6) is 5.75 Å². The van der Waals surface area contributed by atoms with Crippen LogP contribution in [0.25, 0.3) is 0 Å². The zero-order valence-electron chi connectivity index (χ0n) is 9.78. The molecule has 1 N–H and O–H groups in total. The van der Waals surface area contributed by atoms with Gasteiger partial charge in [-0.1, -0.05) is 6.07 Å². The molecule has 0 saturated heterocycles. The molecule has 2 rings (SSSR count). The maximum absolute atomic E-state index is 13.4. The molecule has 0 aliphatic rings. The maximum atomic E-state index is 13.4. The summed E-state index contributed by atoms with van der Waals surface area (Å²) in [6.45, 7) is 0.242. The summed E-state index contributed by atoms with van der Waals surface area (Å²) in [7, 11) is 1.55. The van der Waals surface area contributed by atoms with Crippen LogP contribution >= 0.6 is 0 Å². The summed E-state index contributed by atoms with van der Waals surface area (Å²) in [5, 5.41) is 2.94. The van der Waals surface area contributed by atoms with Crippen molar-refractivity contribution in [2.75, 3.05) is 12.4 Å². The van der Waals surface area contributed by atoms with Gasteiger partial charge in [-0.3, -0.25) is 0 Å². The molecule has 94 valence electrons. The van der Waals surface area contributed by atoms with E-state index in [1.54, 1.807) is 25.4 Å². The van der Waals surface area contributed by atoms with E-state index in [2.05, 4.69) is 10.3 Å². The Hall–Kier alpha value is -2.17. The molecular formula is C13H12F2N2O. The number of benzene rings is 1. The van der Waals surface area contributed by atoms with Crippen molar-refractivity contribution in [2.45, 2.75) is 6.54 Å². The second kappa shape index (κ2) is 5.44. The number of hydrogen-bond donors (Lipinski definition) is 1. The number of methoxy groups -OCH3 is 1. The van der Waals surface area contributed by atoms with Crippen LogP contribution in [0, 0.1) is 11.6 Å². The van der Waals surface area contributed by atoms with Crippen molar-refractivity contribution in [3.8, 4) is 5.75 Å². The topological polar surface area (TPSA) is 34.1 Å².